The van der Waals surface area contributed by atoms with Crippen LogP contribution in [0.5, 0.6) is 103 Å². The van der Waals surface area contributed by atoms with Gasteiger partial charge in [-0.2, -0.15) is 0 Å². The van der Waals surface area contributed by atoms with Gasteiger partial charge in [-0.15, -0.1) is 17.0 Å². The second kappa shape index (κ2) is 55.2. The fourth-order valence-corrected chi connectivity index (χ4v) is 10.6. The number of hydrogen-bond acceptors (Lipinski definition) is 19. The van der Waals surface area contributed by atoms with E-state index in [1.807, 2.05) is 143 Å². The molecule has 0 aliphatic rings. The highest BCUT2D eigenvalue weighted by atomic mass is 79.9. The number of carbonyl (C=O) groups is 1. The number of rotatable bonds is 33. The van der Waals surface area contributed by atoms with Crippen molar-refractivity contribution in [2.45, 2.75) is 98.3 Å². The van der Waals surface area contributed by atoms with Crippen molar-refractivity contribution in [1.29, 1.82) is 0 Å². The van der Waals surface area contributed by atoms with Crippen LogP contribution in [0.1, 0.15) is 90.6 Å². The van der Waals surface area contributed by atoms with Crippen LogP contribution in [0.15, 0.2) is 200 Å². The Bertz CT molecular complexity index is 3670. The summed E-state index contributed by atoms with van der Waals surface area (Å²) >= 11 is 0. The monoisotopic (exact) mass is 1580 g/mol. The van der Waals surface area contributed by atoms with E-state index in [9.17, 15) is 25.2 Å². The zero-order valence-electron chi connectivity index (χ0n) is 67.2. The first-order valence-corrected chi connectivity index (χ1v) is 35.9. The highest BCUT2D eigenvalue weighted by molar-refractivity contribution is 8.93. The molecule has 0 unspecified atom stereocenters. The summed E-state index contributed by atoms with van der Waals surface area (Å²) in [5.41, 5.74) is 9.95. The molecule has 110 heavy (non-hydrogen) atoms. The summed E-state index contributed by atoms with van der Waals surface area (Å²) in [6.07, 6.45) is 22.7. The van der Waals surface area contributed by atoms with Crippen LogP contribution in [0.25, 0.3) is 0 Å². The van der Waals surface area contributed by atoms with Crippen molar-refractivity contribution in [3.05, 3.63) is 250 Å². The van der Waals surface area contributed by atoms with Gasteiger partial charge in [0.25, 0.3) is 0 Å². The minimum absolute atomic E-state index is 0. The molecule has 596 valence electrons. The van der Waals surface area contributed by atoms with Crippen LogP contribution < -0.4 is 66.3 Å². The molecule has 0 aliphatic heterocycles. The lowest BCUT2D eigenvalue weighted by molar-refractivity contribution is -0.107. The number of aryl methyl sites for hydroxylation is 2. The van der Waals surface area contributed by atoms with Gasteiger partial charge in [-0.25, -0.2) is 0 Å². The van der Waals surface area contributed by atoms with E-state index in [0.717, 1.165) is 156 Å². The van der Waals surface area contributed by atoms with E-state index in [4.69, 9.17) is 66.3 Å². The van der Waals surface area contributed by atoms with Gasteiger partial charge in [0.1, 0.15) is 6.29 Å². The van der Waals surface area contributed by atoms with Crippen molar-refractivity contribution >= 4 is 23.3 Å². The minimum atomic E-state index is -0.103. The summed E-state index contributed by atoms with van der Waals surface area (Å²) in [5.74, 6) is 9.94. The molecule has 0 heterocycles. The Kier molecular flexibility index (Phi) is 47.6. The molecular weight excluding hydrogens is 1460 g/mol. The van der Waals surface area contributed by atoms with Crippen molar-refractivity contribution in [1.82, 2.24) is 0 Å². The molecule has 9 aromatic rings. The molecule has 0 atom stereocenters. The van der Waals surface area contributed by atoms with Gasteiger partial charge in [-0.1, -0.05) is 119 Å². The third-order valence-electron chi connectivity index (χ3n) is 16.3. The van der Waals surface area contributed by atoms with Gasteiger partial charge in [0.15, 0.2) is 103 Å². The van der Waals surface area contributed by atoms with Crippen LogP contribution in [0.4, 0.5) is 0 Å². The second-order valence-electron chi connectivity index (χ2n) is 23.2. The fraction of sp³-hybridized carbons (Fsp3) is 0.322. The van der Waals surface area contributed by atoms with E-state index >= 15 is 0 Å². The van der Waals surface area contributed by atoms with E-state index in [0.29, 0.717) is 17.9 Å². The van der Waals surface area contributed by atoms with E-state index < -0.39 is 0 Å². The van der Waals surface area contributed by atoms with Crippen molar-refractivity contribution in [3.8, 4) is 103 Å². The summed E-state index contributed by atoms with van der Waals surface area (Å²) in [6, 6.07) is 51.0. The molecule has 20 heteroatoms. The molecule has 0 radical (unpaired) electrons. The number of unbranched alkanes of at least 4 members (excludes halogenated alkanes) is 1. The Morgan fingerprint density at radius 3 is 0.536 bits per heavy atom. The van der Waals surface area contributed by atoms with Crippen LogP contribution >= 0.6 is 17.0 Å². The quantitative estimate of drug-likeness (QED) is 0.0130. The number of aromatic hydroxyl groups is 4. The average Bonchev–Trinajstić information content (AvgIpc) is 0.860. The Balaban J connectivity index is 0.000000465. The first kappa shape index (κ1) is 94.8. The third-order valence-corrected chi connectivity index (χ3v) is 16.3. The predicted molar refractivity (Wildman–Crippen MR) is 445 cm³/mol. The van der Waals surface area contributed by atoms with Crippen molar-refractivity contribution < 1.29 is 91.5 Å². The number of carbonyl (C=O) groups excluding carboxylic acids is 1. The van der Waals surface area contributed by atoms with Crippen LogP contribution in [-0.2, 0) is 62.6 Å². The van der Waals surface area contributed by atoms with Gasteiger partial charge in [0.2, 0.25) is 0 Å². The first-order valence-electron chi connectivity index (χ1n) is 35.9. The van der Waals surface area contributed by atoms with Crippen LogP contribution in [-0.4, -0.2) is 126 Å². The molecule has 19 nitrogen and oxygen atoms in total. The maximum absolute atomic E-state index is 10.3. The normalized spacial score (nSPS) is 10.1. The molecule has 0 aromatic heterocycles. The average molecular weight is 1580 g/mol. The summed E-state index contributed by atoms with van der Waals surface area (Å²) in [5, 5.41) is 37.2. The number of ether oxygens (including phenoxy) is 14. The van der Waals surface area contributed by atoms with Gasteiger partial charge in [0.05, 0.1) is 99.5 Å². The molecule has 4 N–H and O–H groups in total. The van der Waals surface area contributed by atoms with Crippen LogP contribution in [0.2, 0.25) is 0 Å². The molecule has 9 rings (SSSR count). The molecule has 9 aromatic carbocycles. The lowest BCUT2D eigenvalue weighted by Crippen LogP contribution is -1.93. The lowest BCUT2D eigenvalue weighted by Gasteiger charge is -2.09. The number of halogens is 1. The van der Waals surface area contributed by atoms with Crippen molar-refractivity contribution in [3.63, 3.8) is 0 Å². The largest absolute Gasteiger partial charge is 0.504 e. The maximum atomic E-state index is 10.3. The predicted octanol–water partition coefficient (Wildman–Crippen LogP) is 19.3. The van der Waals surface area contributed by atoms with E-state index in [2.05, 4.69) is 36.5 Å². The van der Waals surface area contributed by atoms with Crippen LogP contribution in [0.3, 0.4) is 0 Å². The van der Waals surface area contributed by atoms with Crippen molar-refractivity contribution in [2.75, 3.05) is 99.5 Å². The number of aldehydes is 1. The van der Waals surface area contributed by atoms with Crippen molar-refractivity contribution in [2.24, 2.45) is 0 Å². The van der Waals surface area contributed by atoms with E-state index in [1.54, 1.807) is 136 Å². The molecule has 0 amide bonds. The van der Waals surface area contributed by atoms with Crippen LogP contribution in [0, 0.1) is 0 Å². The van der Waals surface area contributed by atoms with Gasteiger partial charge in [-0.05, 0) is 223 Å². The highest BCUT2D eigenvalue weighted by Gasteiger charge is 2.11. The Hall–Kier alpha value is -11.3. The number of phenols is 4. The number of hydrogen-bond donors (Lipinski definition) is 4. The maximum Gasteiger partial charge on any atom is 0.161 e. The molecule has 0 saturated heterocycles. The summed E-state index contributed by atoms with van der Waals surface area (Å²) in [6.45, 7) is 8.00. The first-order chi connectivity index (χ1) is 53.0. The Morgan fingerprint density at radius 1 is 0.218 bits per heavy atom. The van der Waals surface area contributed by atoms with Gasteiger partial charge >= 0.3 is 0 Å². The molecule has 0 bridgehead atoms. The molecule has 0 fully saturated rings. The number of benzene rings is 9. The standard InChI is InChI=1S/3C20H24O4.C16H18O4.C10H12O3.2C2H6.BrH/c3*1-21-17-11-9-15(13-19(17)23-3)7-5-6-8-16-10-12-18(22-2)20(14-16)24-4;17-13-7-5-11(9-15(13)19)3-1-2-4-12-6-8-14(18)16(20)10-12;1-12-9-4-3-8(5-6-11)7-10(9)13-2;2*1-2;/h3*5-6,9-14H,7-8H2,1-4H3;5-10,17-20H,1-4H2;3-4,6-7H,5H2,1-2H3;2*1-2H3;1H/b2*6-5+;6-5-;;;;;. The van der Waals surface area contributed by atoms with Gasteiger partial charge in [0, 0.05) is 6.42 Å². The molecule has 0 aliphatic carbocycles. The minimum Gasteiger partial charge on any atom is -0.504 e. The molecule has 0 spiro atoms. The van der Waals surface area contributed by atoms with Gasteiger partial charge in [-0.3, -0.25) is 0 Å². The Morgan fingerprint density at radius 2 is 0.382 bits per heavy atom. The summed E-state index contributed by atoms with van der Waals surface area (Å²) in [4.78, 5) is 10.3. The zero-order chi connectivity index (χ0) is 80.3. The number of phenolic OH excluding ortho intramolecular Hbond substituents is 4. The fourth-order valence-electron chi connectivity index (χ4n) is 10.6. The lowest BCUT2D eigenvalue weighted by atomic mass is 10.0. The Labute approximate surface area is 662 Å². The number of methoxy groups -OCH3 is 14. The third kappa shape index (κ3) is 32.7. The number of allylic oxidation sites excluding steroid dienone is 6. The van der Waals surface area contributed by atoms with E-state index in [-0.39, 0.29) is 40.0 Å². The SMILES string of the molecule is Br.CC.CC.COc1ccc(C/C=C/Cc2ccc(OC)c(OC)c2)cc1OC.COc1ccc(C/C=C/Cc2ccc(OC)c(OC)c2)cc1OC.COc1ccc(C/C=C\Cc2ccc(OC)c(OC)c2)cc1OC.COc1ccc(CC=O)cc1OC.Oc1ccc(CCCCc2ccc(O)c(O)c2)cc1O. The topological polar surface area (TPSA) is 227 Å². The van der Waals surface area contributed by atoms with Gasteiger partial charge < -0.3 is 91.5 Å². The summed E-state index contributed by atoms with van der Waals surface area (Å²) in [7, 11) is 22.9. The second-order valence-corrected chi connectivity index (χ2v) is 23.2. The highest BCUT2D eigenvalue weighted by Crippen LogP contribution is 2.35. The molecular formula is C90H115BrO19. The zero-order valence-corrected chi connectivity index (χ0v) is 68.9. The summed E-state index contributed by atoms with van der Waals surface area (Å²) < 4.78 is 73.6. The molecule has 0 saturated carbocycles. The van der Waals surface area contributed by atoms with E-state index in [1.165, 1.54) is 45.5 Å². The smallest absolute Gasteiger partial charge is 0.161 e.